The Morgan fingerprint density at radius 3 is 0.700 bits per heavy atom. The molecule has 0 aliphatic carbocycles. The molecule has 0 atom stereocenters. The lowest BCUT2D eigenvalue weighted by Gasteiger charge is -2.03. The molecule has 0 aromatic carbocycles. The van der Waals surface area contributed by atoms with Crippen LogP contribution in [0.15, 0.2) is 36.5 Å². The maximum Gasteiger partial charge on any atom is 0.303 e. The number of carboxylic acids is 3. The van der Waals surface area contributed by atoms with Gasteiger partial charge in [-0.1, -0.05) is 231 Å². The Balaban J connectivity index is -0.000000812. The maximum atomic E-state index is 10.3. The Kier molecular flexibility index (Phi) is 60.6. The molecule has 0 rings (SSSR count). The Labute approximate surface area is 373 Å². The van der Waals surface area contributed by atoms with Crippen molar-refractivity contribution >= 4 is 17.9 Å². The average Bonchev–Trinajstić information content (AvgIpc) is 3.22. The largest absolute Gasteiger partial charge is 0.481 e. The first kappa shape index (κ1) is 61.9. The third-order valence-corrected chi connectivity index (χ3v) is 11.0. The van der Waals surface area contributed by atoms with E-state index in [0.29, 0.717) is 19.3 Å². The highest BCUT2D eigenvalue weighted by atomic mass is 16.4. The number of hydrogen-bond acceptors (Lipinski definition) is 3. The van der Waals surface area contributed by atoms with Crippen molar-refractivity contribution in [3.63, 3.8) is 0 Å². The third-order valence-electron chi connectivity index (χ3n) is 11.0. The van der Waals surface area contributed by atoms with Crippen LogP contribution >= 0.6 is 0 Å². The van der Waals surface area contributed by atoms with Crippen molar-refractivity contribution in [2.24, 2.45) is 0 Å². The van der Waals surface area contributed by atoms with E-state index in [2.05, 4.69) is 57.2 Å². The zero-order chi connectivity index (χ0) is 44.7. The van der Waals surface area contributed by atoms with Gasteiger partial charge >= 0.3 is 17.9 Å². The number of aliphatic carboxylic acids is 3. The van der Waals surface area contributed by atoms with E-state index in [1.165, 1.54) is 199 Å². The van der Waals surface area contributed by atoms with Crippen LogP contribution in [0, 0.1) is 0 Å². The highest BCUT2D eigenvalue weighted by Gasteiger charge is 1.99. The Bertz CT molecular complexity index is 938. The lowest BCUT2D eigenvalue weighted by molar-refractivity contribution is -0.138. The van der Waals surface area contributed by atoms with Crippen LogP contribution in [0.5, 0.6) is 0 Å². The van der Waals surface area contributed by atoms with E-state index in [9.17, 15) is 14.4 Å². The molecule has 0 heterocycles. The van der Waals surface area contributed by atoms with Crippen molar-refractivity contribution in [1.82, 2.24) is 0 Å². The number of unbranched alkanes of at least 4 members (excludes halogenated alkanes) is 33. The fourth-order valence-corrected chi connectivity index (χ4v) is 7.08. The molecule has 0 bridgehead atoms. The van der Waals surface area contributed by atoms with E-state index in [1.54, 1.807) is 0 Å². The summed E-state index contributed by atoms with van der Waals surface area (Å²) in [6.45, 7) is 6.76. The Morgan fingerprint density at radius 1 is 0.267 bits per heavy atom. The Hall–Kier alpha value is -2.37. The molecule has 3 N–H and O–H groups in total. The smallest absolute Gasteiger partial charge is 0.303 e. The average molecular weight is 847 g/mol. The van der Waals surface area contributed by atoms with Gasteiger partial charge in [-0.3, -0.25) is 14.4 Å². The summed E-state index contributed by atoms with van der Waals surface area (Å²) < 4.78 is 0. The summed E-state index contributed by atoms with van der Waals surface area (Å²) >= 11 is 0. The van der Waals surface area contributed by atoms with Crippen LogP contribution in [-0.4, -0.2) is 33.2 Å². The first-order chi connectivity index (χ1) is 29.3. The van der Waals surface area contributed by atoms with Gasteiger partial charge in [0.05, 0.1) is 0 Å². The summed E-state index contributed by atoms with van der Waals surface area (Å²) in [4.78, 5) is 31.0. The van der Waals surface area contributed by atoms with Gasteiger partial charge in [0, 0.05) is 19.3 Å². The second kappa shape index (κ2) is 58.7. The molecule has 0 spiro atoms. The summed E-state index contributed by atoms with van der Waals surface area (Å²) in [5, 5.41) is 25.5. The third kappa shape index (κ3) is 70.2. The van der Waals surface area contributed by atoms with Crippen molar-refractivity contribution in [3.05, 3.63) is 36.5 Å². The lowest BCUT2D eigenvalue weighted by Crippen LogP contribution is -1.93. The van der Waals surface area contributed by atoms with Crippen LogP contribution in [0.2, 0.25) is 0 Å². The Morgan fingerprint density at radius 2 is 0.450 bits per heavy atom. The van der Waals surface area contributed by atoms with Gasteiger partial charge in [0.1, 0.15) is 0 Å². The van der Waals surface area contributed by atoms with E-state index >= 15 is 0 Å². The van der Waals surface area contributed by atoms with E-state index < -0.39 is 17.9 Å². The monoisotopic (exact) mass is 847 g/mol. The molecule has 0 aliphatic rings. The summed E-state index contributed by atoms with van der Waals surface area (Å²) in [5.41, 5.74) is 0. The number of allylic oxidation sites excluding steroid dienone is 6. The molecule has 0 aliphatic heterocycles. The van der Waals surface area contributed by atoms with Gasteiger partial charge in [0.2, 0.25) is 0 Å². The second-order valence-corrected chi connectivity index (χ2v) is 17.2. The maximum absolute atomic E-state index is 10.3. The lowest BCUT2D eigenvalue weighted by atomic mass is 10.0. The minimum Gasteiger partial charge on any atom is -0.481 e. The first-order valence-corrected chi connectivity index (χ1v) is 25.9. The molecule has 6 nitrogen and oxygen atoms in total. The van der Waals surface area contributed by atoms with Crippen molar-refractivity contribution < 1.29 is 29.7 Å². The van der Waals surface area contributed by atoms with Gasteiger partial charge in [-0.2, -0.15) is 0 Å². The summed E-state index contributed by atoms with van der Waals surface area (Å²) in [6, 6.07) is 0. The van der Waals surface area contributed by atoms with Crippen molar-refractivity contribution in [3.8, 4) is 0 Å². The summed E-state index contributed by atoms with van der Waals surface area (Å²) in [6.07, 6.45) is 63.7. The fourth-order valence-electron chi connectivity index (χ4n) is 7.08. The molecule has 60 heavy (non-hydrogen) atoms. The van der Waals surface area contributed by atoms with E-state index in [0.717, 1.165) is 51.4 Å². The van der Waals surface area contributed by atoms with Crippen LogP contribution in [0.25, 0.3) is 0 Å². The molecule has 0 aromatic heterocycles. The molecule has 0 radical (unpaired) electrons. The van der Waals surface area contributed by atoms with Gasteiger partial charge in [-0.25, -0.2) is 0 Å². The van der Waals surface area contributed by atoms with Crippen molar-refractivity contribution in [2.45, 2.75) is 290 Å². The minimum absolute atomic E-state index is 0.324. The molecule has 0 aromatic rings. The first-order valence-electron chi connectivity index (χ1n) is 25.9. The topological polar surface area (TPSA) is 112 Å². The predicted molar refractivity (Wildman–Crippen MR) is 261 cm³/mol. The van der Waals surface area contributed by atoms with Gasteiger partial charge in [0.25, 0.3) is 0 Å². The van der Waals surface area contributed by atoms with Crippen LogP contribution in [-0.2, 0) is 14.4 Å². The van der Waals surface area contributed by atoms with Crippen molar-refractivity contribution in [2.75, 3.05) is 0 Å². The SMILES string of the molecule is CCCCC/C=C\C/C=C\CCCCCCCC(=O)O.CCCCCCCC/C=C\CCCCCCCC(=O)O.CCCCCCCCCCCCCCCCCC(=O)O. The molecule has 0 fully saturated rings. The molecule has 0 unspecified atom stereocenters. The van der Waals surface area contributed by atoms with Crippen LogP contribution < -0.4 is 0 Å². The highest BCUT2D eigenvalue weighted by molar-refractivity contribution is 5.67. The van der Waals surface area contributed by atoms with E-state index in [1.807, 2.05) is 0 Å². The molecule has 354 valence electrons. The van der Waals surface area contributed by atoms with Crippen LogP contribution in [0.1, 0.15) is 290 Å². The zero-order valence-corrected chi connectivity index (χ0v) is 40.2. The van der Waals surface area contributed by atoms with Crippen molar-refractivity contribution in [1.29, 1.82) is 0 Å². The van der Waals surface area contributed by atoms with Gasteiger partial charge in [0.15, 0.2) is 0 Å². The predicted octanol–water partition coefficient (Wildman–Crippen LogP) is 18.3. The van der Waals surface area contributed by atoms with Gasteiger partial charge in [-0.05, 0) is 77.0 Å². The van der Waals surface area contributed by atoms with E-state index in [-0.39, 0.29) is 0 Å². The molecule has 0 saturated carbocycles. The van der Waals surface area contributed by atoms with E-state index in [4.69, 9.17) is 15.3 Å². The summed E-state index contributed by atoms with van der Waals surface area (Å²) in [7, 11) is 0. The fraction of sp³-hybridized carbons (Fsp3) is 0.833. The number of carbonyl (C=O) groups is 3. The molecular formula is C54H102O6. The van der Waals surface area contributed by atoms with Gasteiger partial charge in [-0.15, -0.1) is 0 Å². The highest BCUT2D eigenvalue weighted by Crippen LogP contribution is 2.14. The minimum atomic E-state index is -0.671. The summed E-state index contributed by atoms with van der Waals surface area (Å²) in [5.74, 6) is -1.99. The van der Waals surface area contributed by atoms with Crippen LogP contribution in [0.3, 0.4) is 0 Å². The zero-order valence-electron chi connectivity index (χ0n) is 40.2. The number of carboxylic acid groups (broad SMARTS) is 3. The standard InChI is InChI=1S/C18H36O2.C18H34O2.C18H32O2/c3*1-2-3-4-5-6-7-8-9-10-11-12-13-14-15-16-17-18(19)20/h2-17H2,1H3,(H,19,20);9-10H,2-8,11-17H2,1H3,(H,19,20);6-7,9-10H,2-5,8,11-17H2,1H3,(H,19,20)/b;10-9-;7-6-,10-9-. The molecule has 6 heteroatoms. The molecular weight excluding hydrogens is 745 g/mol. The second-order valence-electron chi connectivity index (χ2n) is 17.2. The number of hydrogen-bond donors (Lipinski definition) is 3. The normalized spacial score (nSPS) is 11.2. The molecule has 0 amide bonds. The molecule has 0 saturated heterocycles. The van der Waals surface area contributed by atoms with Gasteiger partial charge < -0.3 is 15.3 Å². The quantitative estimate of drug-likeness (QED) is 0.0416. The van der Waals surface area contributed by atoms with Crippen LogP contribution in [0.4, 0.5) is 0 Å². The number of rotatable bonds is 45.